The van der Waals surface area contributed by atoms with E-state index in [1.54, 1.807) is 6.07 Å². The van der Waals surface area contributed by atoms with E-state index in [1.165, 1.54) is 11.8 Å². The maximum atomic E-state index is 12.3. The van der Waals surface area contributed by atoms with E-state index < -0.39 is 0 Å². The molecule has 0 saturated carbocycles. The first-order valence-electron chi connectivity index (χ1n) is 6.55. The van der Waals surface area contributed by atoms with Gasteiger partial charge < -0.3 is 11.1 Å². The summed E-state index contributed by atoms with van der Waals surface area (Å²) in [5.41, 5.74) is 8.16. The number of carbonyl (C=O) groups is 1. The van der Waals surface area contributed by atoms with Crippen LogP contribution in [0, 0.1) is 6.92 Å². The van der Waals surface area contributed by atoms with Crippen molar-refractivity contribution in [3.05, 3.63) is 52.5 Å². The Morgan fingerprint density at radius 2 is 1.90 bits per heavy atom. The van der Waals surface area contributed by atoms with Crippen LogP contribution in [0.2, 0.25) is 0 Å². The van der Waals surface area contributed by atoms with Crippen molar-refractivity contribution >= 4 is 45.0 Å². The normalized spacial score (nSPS) is 12.0. The molecule has 0 aliphatic rings. The summed E-state index contributed by atoms with van der Waals surface area (Å²) in [6, 6.07) is 13.4. The highest BCUT2D eigenvalue weighted by atomic mass is 79.9. The van der Waals surface area contributed by atoms with Crippen molar-refractivity contribution in [1.29, 1.82) is 0 Å². The van der Waals surface area contributed by atoms with Gasteiger partial charge in [0.15, 0.2) is 0 Å². The Bertz CT molecular complexity index is 643. The Morgan fingerprint density at radius 1 is 1.24 bits per heavy atom. The number of hydrogen-bond donors (Lipinski definition) is 2. The maximum Gasteiger partial charge on any atom is 0.237 e. The molecule has 5 heteroatoms. The van der Waals surface area contributed by atoms with Gasteiger partial charge in [-0.3, -0.25) is 4.79 Å². The number of benzene rings is 2. The number of hydrogen-bond acceptors (Lipinski definition) is 3. The van der Waals surface area contributed by atoms with Crippen LogP contribution in [0.15, 0.2) is 51.8 Å². The number of aryl methyl sites for hydroxylation is 1. The third-order valence-electron chi connectivity index (χ3n) is 3.02. The lowest BCUT2D eigenvalue weighted by atomic mass is 10.2. The summed E-state index contributed by atoms with van der Waals surface area (Å²) in [5, 5.41) is 2.75. The molecule has 0 aromatic heterocycles. The Morgan fingerprint density at radius 3 is 2.57 bits per heavy atom. The highest BCUT2D eigenvalue weighted by molar-refractivity contribution is 9.10. The molecule has 2 aromatic rings. The number of carbonyl (C=O) groups excluding carboxylic acids is 1. The van der Waals surface area contributed by atoms with Crippen LogP contribution in [0.25, 0.3) is 0 Å². The van der Waals surface area contributed by atoms with E-state index in [0.717, 1.165) is 20.6 Å². The average Bonchev–Trinajstić information content (AvgIpc) is 2.45. The third kappa shape index (κ3) is 4.51. The van der Waals surface area contributed by atoms with Crippen LogP contribution >= 0.6 is 27.7 Å². The van der Waals surface area contributed by atoms with Gasteiger partial charge in [-0.1, -0.05) is 22.0 Å². The van der Waals surface area contributed by atoms with E-state index >= 15 is 0 Å². The second-order valence-corrected chi connectivity index (χ2v) is 7.11. The molecule has 0 aliphatic heterocycles. The number of anilines is 2. The molecule has 1 unspecified atom stereocenters. The average molecular weight is 365 g/mol. The minimum atomic E-state index is -0.188. The van der Waals surface area contributed by atoms with Gasteiger partial charge in [-0.15, -0.1) is 11.8 Å². The minimum absolute atomic E-state index is 0.0309. The summed E-state index contributed by atoms with van der Waals surface area (Å²) in [6.07, 6.45) is 0. The van der Waals surface area contributed by atoms with E-state index in [9.17, 15) is 4.79 Å². The molecule has 0 heterocycles. The van der Waals surface area contributed by atoms with Crippen molar-refractivity contribution in [3.63, 3.8) is 0 Å². The van der Waals surface area contributed by atoms with Gasteiger partial charge in [0.05, 0.1) is 5.25 Å². The Labute approximate surface area is 137 Å². The lowest BCUT2D eigenvalue weighted by Crippen LogP contribution is -2.22. The first-order chi connectivity index (χ1) is 9.95. The number of nitrogens with two attached hydrogens (primary N) is 1. The molecule has 0 bridgehead atoms. The molecule has 3 nitrogen and oxygen atoms in total. The van der Waals surface area contributed by atoms with Crippen molar-refractivity contribution < 1.29 is 4.79 Å². The molecule has 1 atom stereocenters. The highest BCUT2D eigenvalue weighted by Crippen LogP contribution is 2.26. The fourth-order valence-corrected chi connectivity index (χ4v) is 2.91. The number of nitrogens with one attached hydrogen (secondary N) is 1. The molecule has 0 fully saturated rings. The standard InChI is InChI=1S/C16H17BrN2OS/c1-10-3-6-13(18)9-15(10)19-16(20)11(2)21-14-7-4-12(17)5-8-14/h3-9,11H,18H2,1-2H3,(H,19,20). The van der Waals surface area contributed by atoms with Gasteiger partial charge >= 0.3 is 0 Å². The molecule has 2 rings (SSSR count). The molecule has 1 amide bonds. The monoisotopic (exact) mass is 364 g/mol. The van der Waals surface area contributed by atoms with Crippen molar-refractivity contribution in [2.75, 3.05) is 11.1 Å². The zero-order valence-corrected chi connectivity index (χ0v) is 14.3. The largest absolute Gasteiger partial charge is 0.399 e. The molecule has 0 aliphatic carbocycles. The van der Waals surface area contributed by atoms with E-state index in [0.29, 0.717) is 5.69 Å². The van der Waals surface area contributed by atoms with E-state index in [2.05, 4.69) is 21.2 Å². The van der Waals surface area contributed by atoms with Crippen LogP contribution in [0.3, 0.4) is 0 Å². The fraction of sp³-hybridized carbons (Fsp3) is 0.188. The van der Waals surface area contributed by atoms with Crippen molar-refractivity contribution in [2.45, 2.75) is 24.0 Å². The van der Waals surface area contributed by atoms with Gasteiger partial charge in [0.2, 0.25) is 5.91 Å². The second-order valence-electron chi connectivity index (χ2n) is 4.78. The van der Waals surface area contributed by atoms with Gasteiger partial charge in [0, 0.05) is 20.7 Å². The van der Waals surface area contributed by atoms with Crippen LogP contribution in [0.4, 0.5) is 11.4 Å². The summed E-state index contributed by atoms with van der Waals surface area (Å²) in [6.45, 7) is 3.84. The molecular formula is C16H17BrN2OS. The van der Waals surface area contributed by atoms with Crippen LogP contribution in [0.5, 0.6) is 0 Å². The summed E-state index contributed by atoms with van der Waals surface area (Å²) < 4.78 is 1.03. The van der Waals surface area contributed by atoms with Gasteiger partial charge in [-0.05, 0) is 55.8 Å². The van der Waals surface area contributed by atoms with E-state index in [1.807, 2.05) is 50.2 Å². The topological polar surface area (TPSA) is 55.1 Å². The van der Waals surface area contributed by atoms with E-state index in [4.69, 9.17) is 5.73 Å². The fourth-order valence-electron chi connectivity index (χ4n) is 1.78. The predicted molar refractivity (Wildman–Crippen MR) is 93.7 cm³/mol. The zero-order chi connectivity index (χ0) is 15.4. The summed E-state index contributed by atoms with van der Waals surface area (Å²) >= 11 is 4.92. The van der Waals surface area contributed by atoms with Crippen molar-refractivity contribution in [1.82, 2.24) is 0 Å². The molecule has 3 N–H and O–H groups in total. The maximum absolute atomic E-state index is 12.3. The molecule has 110 valence electrons. The highest BCUT2D eigenvalue weighted by Gasteiger charge is 2.15. The van der Waals surface area contributed by atoms with Gasteiger partial charge in [-0.25, -0.2) is 0 Å². The predicted octanol–water partition coefficient (Wildman–Crippen LogP) is 4.46. The Hall–Kier alpha value is -1.46. The van der Waals surface area contributed by atoms with Crippen LogP contribution < -0.4 is 11.1 Å². The van der Waals surface area contributed by atoms with E-state index in [-0.39, 0.29) is 11.2 Å². The molecular weight excluding hydrogens is 348 g/mol. The second kappa shape index (κ2) is 7.00. The summed E-state index contributed by atoms with van der Waals surface area (Å²) in [5.74, 6) is -0.0309. The first kappa shape index (κ1) is 15.9. The summed E-state index contributed by atoms with van der Waals surface area (Å²) in [4.78, 5) is 13.3. The molecule has 0 spiro atoms. The quantitative estimate of drug-likeness (QED) is 0.621. The SMILES string of the molecule is Cc1ccc(N)cc1NC(=O)C(C)Sc1ccc(Br)cc1. The number of thioether (sulfide) groups is 1. The zero-order valence-electron chi connectivity index (χ0n) is 11.9. The lowest BCUT2D eigenvalue weighted by Gasteiger charge is -2.14. The van der Waals surface area contributed by atoms with Gasteiger partial charge in [-0.2, -0.15) is 0 Å². The number of nitrogen functional groups attached to an aromatic ring is 1. The van der Waals surface area contributed by atoms with Gasteiger partial charge in [0.1, 0.15) is 0 Å². The van der Waals surface area contributed by atoms with Gasteiger partial charge in [0.25, 0.3) is 0 Å². The van der Waals surface area contributed by atoms with Crippen LogP contribution in [-0.4, -0.2) is 11.2 Å². The molecule has 2 aromatic carbocycles. The van der Waals surface area contributed by atoms with Crippen molar-refractivity contribution in [3.8, 4) is 0 Å². The van der Waals surface area contributed by atoms with Crippen molar-refractivity contribution in [2.24, 2.45) is 0 Å². The smallest absolute Gasteiger partial charge is 0.237 e. The molecule has 0 saturated heterocycles. The number of halogens is 1. The molecule has 0 radical (unpaired) electrons. The minimum Gasteiger partial charge on any atom is -0.399 e. The first-order valence-corrected chi connectivity index (χ1v) is 8.22. The molecule has 21 heavy (non-hydrogen) atoms. The summed E-state index contributed by atoms with van der Waals surface area (Å²) in [7, 11) is 0. The number of rotatable bonds is 4. The number of amides is 1. The third-order valence-corrected chi connectivity index (χ3v) is 4.66. The Kier molecular flexibility index (Phi) is 5.31. The lowest BCUT2D eigenvalue weighted by molar-refractivity contribution is -0.115. The Balaban J connectivity index is 2.02. The van der Waals surface area contributed by atoms with Crippen LogP contribution in [0.1, 0.15) is 12.5 Å². The van der Waals surface area contributed by atoms with Crippen LogP contribution in [-0.2, 0) is 4.79 Å².